The Bertz CT molecular complexity index is 490. The Morgan fingerprint density at radius 3 is 2.19 bits per heavy atom. The minimum Gasteiger partial charge on any atom is -0.462 e. The van der Waals surface area contributed by atoms with Crippen LogP contribution in [-0.2, 0) is 14.2 Å². The van der Waals surface area contributed by atoms with Gasteiger partial charge in [0, 0.05) is 0 Å². The highest BCUT2D eigenvalue weighted by atomic mass is 16.6. The van der Waals surface area contributed by atoms with Gasteiger partial charge in [-0.15, -0.1) is 0 Å². The van der Waals surface area contributed by atoms with Crippen molar-refractivity contribution in [2.75, 3.05) is 19.8 Å². The molecule has 0 radical (unpaired) electrons. The predicted molar refractivity (Wildman–Crippen MR) is 76.2 cm³/mol. The van der Waals surface area contributed by atoms with Gasteiger partial charge in [0.05, 0.1) is 24.3 Å². The molecule has 2 unspecified atom stereocenters. The molecule has 0 N–H and O–H groups in total. The number of ether oxygens (including phenoxy) is 3. The Kier molecular flexibility index (Phi) is 5.33. The van der Waals surface area contributed by atoms with Gasteiger partial charge in [-0.2, -0.15) is 0 Å². The Hall–Kier alpha value is -1.88. The molecule has 0 aromatic heterocycles. The van der Waals surface area contributed by atoms with Crippen molar-refractivity contribution in [3.8, 4) is 0 Å². The average Bonchev–Trinajstić information content (AvgIpc) is 3.34. The Morgan fingerprint density at radius 2 is 1.71 bits per heavy atom. The predicted octanol–water partition coefficient (Wildman–Crippen LogP) is 2.45. The largest absolute Gasteiger partial charge is 0.462 e. The molecule has 21 heavy (non-hydrogen) atoms. The van der Waals surface area contributed by atoms with Crippen LogP contribution in [0.3, 0.4) is 0 Å². The van der Waals surface area contributed by atoms with Crippen molar-refractivity contribution >= 4 is 11.9 Å². The molecular weight excluding hydrogens is 272 g/mol. The Labute approximate surface area is 124 Å². The number of hydrogen-bond acceptors (Lipinski definition) is 5. The van der Waals surface area contributed by atoms with Gasteiger partial charge in [0.25, 0.3) is 0 Å². The molecule has 1 aliphatic heterocycles. The summed E-state index contributed by atoms with van der Waals surface area (Å²) in [5.41, 5.74) is 0.842. The summed E-state index contributed by atoms with van der Waals surface area (Å²) in [7, 11) is 0. The first-order valence-electron chi connectivity index (χ1n) is 7.16. The van der Waals surface area contributed by atoms with E-state index in [0.717, 1.165) is 6.42 Å². The lowest BCUT2D eigenvalue weighted by Crippen LogP contribution is -2.13. The number of carbonyl (C=O) groups excluding carboxylic acids is 2. The third-order valence-electron chi connectivity index (χ3n) is 3.35. The van der Waals surface area contributed by atoms with Gasteiger partial charge >= 0.3 is 11.9 Å². The van der Waals surface area contributed by atoms with E-state index in [1.165, 1.54) is 0 Å². The van der Waals surface area contributed by atoms with Crippen LogP contribution in [0, 0.1) is 5.92 Å². The van der Waals surface area contributed by atoms with Crippen molar-refractivity contribution in [1.29, 1.82) is 0 Å². The van der Waals surface area contributed by atoms with E-state index in [2.05, 4.69) is 0 Å². The molecule has 0 bridgehead atoms. The standard InChI is InChI=1S/C16H20O5/c1-3-11(2)8-20-15(17)12-4-6-13(7-5-12)16(18)21-10-14-9-19-14/h4-7,11,14H,3,8-10H2,1-2H3. The summed E-state index contributed by atoms with van der Waals surface area (Å²) in [6.45, 7) is 5.40. The fourth-order valence-corrected chi connectivity index (χ4v) is 1.58. The smallest absolute Gasteiger partial charge is 0.338 e. The van der Waals surface area contributed by atoms with E-state index < -0.39 is 5.97 Å². The maximum absolute atomic E-state index is 11.8. The molecule has 2 rings (SSSR count). The third-order valence-corrected chi connectivity index (χ3v) is 3.35. The van der Waals surface area contributed by atoms with E-state index in [0.29, 0.717) is 30.3 Å². The van der Waals surface area contributed by atoms with Crippen LogP contribution in [-0.4, -0.2) is 37.9 Å². The number of epoxide rings is 1. The first-order chi connectivity index (χ1) is 10.1. The zero-order chi connectivity index (χ0) is 15.2. The Balaban J connectivity index is 1.85. The number of hydrogen-bond donors (Lipinski definition) is 0. The summed E-state index contributed by atoms with van der Waals surface area (Å²) in [6, 6.07) is 6.28. The van der Waals surface area contributed by atoms with Gasteiger partial charge in [0.15, 0.2) is 0 Å². The first-order valence-corrected chi connectivity index (χ1v) is 7.16. The molecule has 0 saturated carbocycles. The van der Waals surface area contributed by atoms with Gasteiger partial charge in [-0.05, 0) is 30.2 Å². The first kappa shape index (κ1) is 15.5. The highest BCUT2D eigenvalue weighted by molar-refractivity contribution is 5.93. The van der Waals surface area contributed by atoms with Crippen LogP contribution in [0.4, 0.5) is 0 Å². The van der Waals surface area contributed by atoms with Crippen LogP contribution in [0.5, 0.6) is 0 Å². The fourth-order valence-electron chi connectivity index (χ4n) is 1.58. The molecule has 2 atom stereocenters. The highest BCUT2D eigenvalue weighted by Crippen LogP contribution is 2.12. The minimum atomic E-state index is -0.412. The second-order valence-corrected chi connectivity index (χ2v) is 5.24. The molecule has 1 aliphatic rings. The highest BCUT2D eigenvalue weighted by Gasteiger charge is 2.24. The molecule has 1 saturated heterocycles. The molecule has 5 nitrogen and oxygen atoms in total. The normalized spacial score (nSPS) is 17.9. The van der Waals surface area contributed by atoms with Gasteiger partial charge in [-0.1, -0.05) is 20.3 Å². The zero-order valence-electron chi connectivity index (χ0n) is 12.3. The molecule has 0 amide bonds. The Morgan fingerprint density at radius 1 is 1.19 bits per heavy atom. The van der Waals surface area contributed by atoms with Gasteiger partial charge in [0.1, 0.15) is 12.7 Å². The number of esters is 2. The molecule has 114 valence electrons. The second-order valence-electron chi connectivity index (χ2n) is 5.24. The molecule has 0 aliphatic carbocycles. The summed E-state index contributed by atoms with van der Waals surface area (Å²) >= 11 is 0. The minimum absolute atomic E-state index is 0.0451. The van der Waals surface area contributed by atoms with E-state index in [1.807, 2.05) is 13.8 Å². The van der Waals surface area contributed by atoms with Crippen LogP contribution in [0.1, 0.15) is 41.0 Å². The lowest BCUT2D eigenvalue weighted by molar-refractivity contribution is 0.0442. The van der Waals surface area contributed by atoms with Gasteiger partial charge in [0.2, 0.25) is 0 Å². The van der Waals surface area contributed by atoms with Crippen molar-refractivity contribution in [3.63, 3.8) is 0 Å². The van der Waals surface area contributed by atoms with Crippen molar-refractivity contribution in [2.45, 2.75) is 26.4 Å². The number of benzene rings is 1. The van der Waals surface area contributed by atoms with E-state index in [1.54, 1.807) is 24.3 Å². The molecule has 5 heteroatoms. The van der Waals surface area contributed by atoms with Crippen LogP contribution in [0.15, 0.2) is 24.3 Å². The molecule has 1 aromatic carbocycles. The maximum Gasteiger partial charge on any atom is 0.338 e. The van der Waals surface area contributed by atoms with Crippen LogP contribution in [0.2, 0.25) is 0 Å². The quantitative estimate of drug-likeness (QED) is 0.570. The summed E-state index contributed by atoms with van der Waals surface area (Å²) < 4.78 is 15.2. The topological polar surface area (TPSA) is 65.1 Å². The van der Waals surface area contributed by atoms with E-state index >= 15 is 0 Å². The second kappa shape index (κ2) is 7.22. The maximum atomic E-state index is 11.8. The van der Waals surface area contributed by atoms with Crippen molar-refractivity contribution < 1.29 is 23.8 Å². The summed E-state index contributed by atoms with van der Waals surface area (Å²) in [6.07, 6.45) is 1.01. The fraction of sp³-hybridized carbons (Fsp3) is 0.500. The van der Waals surface area contributed by atoms with Gasteiger partial charge < -0.3 is 14.2 Å². The lowest BCUT2D eigenvalue weighted by Gasteiger charge is -2.09. The zero-order valence-corrected chi connectivity index (χ0v) is 12.3. The SMILES string of the molecule is CCC(C)COC(=O)c1ccc(C(=O)OCC2CO2)cc1. The monoisotopic (exact) mass is 292 g/mol. The molecule has 1 fully saturated rings. The molecule has 1 aromatic rings. The summed E-state index contributed by atoms with van der Waals surface area (Å²) in [5.74, 6) is -0.445. The van der Waals surface area contributed by atoms with Crippen molar-refractivity contribution in [2.24, 2.45) is 5.92 Å². The van der Waals surface area contributed by atoms with Crippen LogP contribution in [0.25, 0.3) is 0 Å². The summed E-state index contributed by atoms with van der Waals surface area (Å²) in [4.78, 5) is 23.5. The number of rotatable bonds is 7. The summed E-state index contributed by atoms with van der Waals surface area (Å²) in [5, 5.41) is 0. The van der Waals surface area contributed by atoms with E-state index in [9.17, 15) is 9.59 Å². The van der Waals surface area contributed by atoms with Crippen molar-refractivity contribution in [3.05, 3.63) is 35.4 Å². The van der Waals surface area contributed by atoms with Gasteiger partial charge in [-0.25, -0.2) is 9.59 Å². The molecule has 1 heterocycles. The lowest BCUT2D eigenvalue weighted by atomic mass is 10.1. The van der Waals surface area contributed by atoms with Crippen LogP contribution < -0.4 is 0 Å². The molecule has 0 spiro atoms. The van der Waals surface area contributed by atoms with Crippen molar-refractivity contribution in [1.82, 2.24) is 0 Å². The third kappa shape index (κ3) is 4.86. The van der Waals surface area contributed by atoms with Gasteiger partial charge in [-0.3, -0.25) is 0 Å². The number of carbonyl (C=O) groups is 2. The van der Waals surface area contributed by atoms with E-state index in [-0.39, 0.29) is 18.7 Å². The van der Waals surface area contributed by atoms with E-state index in [4.69, 9.17) is 14.2 Å². The molecular formula is C16H20O5. The van der Waals surface area contributed by atoms with Crippen LogP contribution >= 0.6 is 0 Å². The average molecular weight is 292 g/mol.